The van der Waals surface area contributed by atoms with E-state index in [1.54, 1.807) is 0 Å². The number of amides is 1. The highest BCUT2D eigenvalue weighted by Gasteiger charge is 2.14. The van der Waals surface area contributed by atoms with E-state index in [9.17, 15) is 14.0 Å². The van der Waals surface area contributed by atoms with Crippen LogP contribution in [0.25, 0.3) is 5.69 Å². The maximum absolute atomic E-state index is 13.2. The van der Waals surface area contributed by atoms with Gasteiger partial charge >= 0.3 is 0 Å². The van der Waals surface area contributed by atoms with Gasteiger partial charge in [-0.2, -0.15) is 9.78 Å². The summed E-state index contributed by atoms with van der Waals surface area (Å²) in [6.45, 7) is 1.54. The second-order valence-corrected chi connectivity index (χ2v) is 4.50. The zero-order valence-electron chi connectivity index (χ0n) is 11.3. The number of aromatic nitrogens is 2. The van der Waals surface area contributed by atoms with E-state index in [-0.39, 0.29) is 17.8 Å². The van der Waals surface area contributed by atoms with Crippen molar-refractivity contribution in [2.24, 2.45) is 0 Å². The molecule has 0 fully saturated rings. The molecule has 0 aliphatic heterocycles. The third-order valence-electron chi connectivity index (χ3n) is 2.70. The Kier molecular flexibility index (Phi) is 4.44. The first-order valence-electron chi connectivity index (χ1n) is 6.29. The Morgan fingerprint density at radius 3 is 2.90 bits per heavy atom. The van der Waals surface area contributed by atoms with Gasteiger partial charge in [-0.25, -0.2) is 4.39 Å². The molecule has 0 bridgehead atoms. The first kappa shape index (κ1) is 14.9. The highest BCUT2D eigenvalue weighted by atomic mass is 19.1. The van der Waals surface area contributed by atoms with Gasteiger partial charge in [-0.05, 0) is 31.2 Å². The standard InChI is InChI=1S/C14H14FN3O3/c1-9(19)8-16-13(20)12-5-6-17-18(14(12)21)11-4-2-3-10(15)7-11/h2-7,9,19H,8H2,1H3,(H,16,20)/t9-/m0/s1. The van der Waals surface area contributed by atoms with E-state index >= 15 is 0 Å². The van der Waals surface area contributed by atoms with Crippen LogP contribution in [0.3, 0.4) is 0 Å². The largest absolute Gasteiger partial charge is 0.392 e. The van der Waals surface area contributed by atoms with Gasteiger partial charge < -0.3 is 10.4 Å². The van der Waals surface area contributed by atoms with E-state index in [2.05, 4.69) is 10.4 Å². The van der Waals surface area contributed by atoms with Crippen molar-refractivity contribution < 1.29 is 14.3 Å². The molecule has 2 aromatic rings. The topological polar surface area (TPSA) is 84.2 Å². The first-order valence-corrected chi connectivity index (χ1v) is 6.29. The summed E-state index contributed by atoms with van der Waals surface area (Å²) in [6, 6.07) is 6.61. The predicted molar refractivity (Wildman–Crippen MR) is 73.8 cm³/mol. The van der Waals surface area contributed by atoms with Crippen molar-refractivity contribution in [1.29, 1.82) is 0 Å². The number of hydrogen-bond donors (Lipinski definition) is 2. The highest BCUT2D eigenvalue weighted by molar-refractivity contribution is 5.93. The van der Waals surface area contributed by atoms with Gasteiger partial charge in [0, 0.05) is 12.7 Å². The summed E-state index contributed by atoms with van der Waals surface area (Å²) in [7, 11) is 0. The number of rotatable bonds is 4. The number of aliphatic hydroxyl groups is 1. The summed E-state index contributed by atoms with van der Waals surface area (Å²) in [6.07, 6.45) is 0.560. The molecule has 110 valence electrons. The number of benzene rings is 1. The van der Waals surface area contributed by atoms with E-state index in [0.717, 1.165) is 10.7 Å². The third-order valence-corrected chi connectivity index (χ3v) is 2.70. The minimum absolute atomic E-state index is 0.0283. The lowest BCUT2D eigenvalue weighted by atomic mass is 10.2. The number of halogens is 1. The first-order chi connectivity index (χ1) is 9.99. The second-order valence-electron chi connectivity index (χ2n) is 4.50. The van der Waals surface area contributed by atoms with Gasteiger partial charge in [0.2, 0.25) is 0 Å². The molecule has 0 saturated heterocycles. The Morgan fingerprint density at radius 1 is 1.48 bits per heavy atom. The molecule has 2 rings (SSSR count). The normalized spacial score (nSPS) is 12.0. The fraction of sp³-hybridized carbons (Fsp3) is 0.214. The molecule has 1 amide bonds. The van der Waals surface area contributed by atoms with Crippen LogP contribution in [-0.2, 0) is 0 Å². The number of nitrogens with one attached hydrogen (secondary N) is 1. The third kappa shape index (κ3) is 3.51. The van der Waals surface area contributed by atoms with Crippen molar-refractivity contribution in [3.8, 4) is 5.69 Å². The minimum Gasteiger partial charge on any atom is -0.392 e. The van der Waals surface area contributed by atoms with Gasteiger partial charge in [-0.3, -0.25) is 9.59 Å². The molecule has 2 N–H and O–H groups in total. The summed E-state index contributed by atoms with van der Waals surface area (Å²) in [5.74, 6) is -1.13. The van der Waals surface area contributed by atoms with Crippen LogP contribution >= 0.6 is 0 Å². The molecule has 1 aromatic carbocycles. The van der Waals surface area contributed by atoms with Crippen LogP contribution in [0.2, 0.25) is 0 Å². The molecule has 0 saturated carbocycles. The fourth-order valence-electron chi connectivity index (χ4n) is 1.71. The highest BCUT2D eigenvalue weighted by Crippen LogP contribution is 2.06. The maximum atomic E-state index is 13.2. The second kappa shape index (κ2) is 6.27. The van der Waals surface area contributed by atoms with Crippen molar-refractivity contribution >= 4 is 5.91 Å². The van der Waals surface area contributed by atoms with Crippen LogP contribution < -0.4 is 10.9 Å². The van der Waals surface area contributed by atoms with Gasteiger partial charge in [0.1, 0.15) is 11.4 Å². The molecule has 1 atom stereocenters. The Labute approximate surface area is 119 Å². The molecule has 6 nitrogen and oxygen atoms in total. The molecule has 0 aliphatic rings. The van der Waals surface area contributed by atoms with Gasteiger partial charge in [0.25, 0.3) is 11.5 Å². The molecule has 7 heteroatoms. The monoisotopic (exact) mass is 291 g/mol. The quantitative estimate of drug-likeness (QED) is 0.858. The maximum Gasteiger partial charge on any atom is 0.284 e. The average molecular weight is 291 g/mol. The van der Waals surface area contributed by atoms with Crippen LogP contribution in [-0.4, -0.2) is 33.4 Å². The summed E-state index contributed by atoms with van der Waals surface area (Å²) in [4.78, 5) is 24.1. The van der Waals surface area contributed by atoms with Gasteiger partial charge in [0.15, 0.2) is 0 Å². The number of nitrogens with zero attached hydrogens (tertiary/aromatic N) is 2. The molecule has 1 heterocycles. The molecule has 0 radical (unpaired) electrons. The molecular weight excluding hydrogens is 277 g/mol. The van der Waals surface area contributed by atoms with Crippen molar-refractivity contribution in [1.82, 2.24) is 15.1 Å². The Balaban J connectivity index is 2.37. The molecule has 0 unspecified atom stereocenters. The number of hydrogen-bond acceptors (Lipinski definition) is 4. The summed E-state index contributed by atoms with van der Waals surface area (Å²) in [5, 5.41) is 15.4. The van der Waals surface area contributed by atoms with E-state index < -0.39 is 23.4 Å². The fourth-order valence-corrected chi connectivity index (χ4v) is 1.71. The smallest absolute Gasteiger partial charge is 0.284 e. The zero-order valence-corrected chi connectivity index (χ0v) is 11.3. The van der Waals surface area contributed by atoms with E-state index in [0.29, 0.717) is 0 Å². The lowest BCUT2D eigenvalue weighted by Gasteiger charge is -2.08. The van der Waals surface area contributed by atoms with Crippen molar-refractivity contribution in [2.45, 2.75) is 13.0 Å². The van der Waals surface area contributed by atoms with Gasteiger partial charge in [-0.15, -0.1) is 0 Å². The SMILES string of the molecule is C[C@H](O)CNC(=O)c1ccnn(-c2cccc(F)c2)c1=O. The zero-order chi connectivity index (χ0) is 15.4. The molecular formula is C14H14FN3O3. The Morgan fingerprint density at radius 2 is 2.24 bits per heavy atom. The summed E-state index contributed by atoms with van der Waals surface area (Å²) < 4.78 is 14.1. The summed E-state index contributed by atoms with van der Waals surface area (Å²) >= 11 is 0. The van der Waals surface area contributed by atoms with Crippen molar-refractivity contribution in [3.05, 3.63) is 58.3 Å². The van der Waals surface area contributed by atoms with Crippen LogP contribution in [0.5, 0.6) is 0 Å². The van der Waals surface area contributed by atoms with E-state index in [4.69, 9.17) is 5.11 Å². The Bertz CT molecular complexity index is 713. The predicted octanol–water partition coefficient (Wildman–Crippen LogP) is 0.482. The number of aliphatic hydroxyl groups excluding tert-OH is 1. The minimum atomic E-state index is -0.721. The van der Waals surface area contributed by atoms with Gasteiger partial charge in [0.05, 0.1) is 11.8 Å². The average Bonchev–Trinajstić information content (AvgIpc) is 2.45. The van der Waals surface area contributed by atoms with E-state index in [1.807, 2.05) is 0 Å². The molecule has 21 heavy (non-hydrogen) atoms. The number of carbonyl (C=O) groups excluding carboxylic acids is 1. The lowest BCUT2D eigenvalue weighted by molar-refractivity contribution is 0.0922. The van der Waals surface area contributed by atoms with Crippen molar-refractivity contribution in [2.75, 3.05) is 6.54 Å². The van der Waals surface area contributed by atoms with Crippen molar-refractivity contribution in [3.63, 3.8) is 0 Å². The van der Waals surface area contributed by atoms with Crippen LogP contribution in [0.1, 0.15) is 17.3 Å². The van der Waals surface area contributed by atoms with Crippen LogP contribution in [0.4, 0.5) is 4.39 Å². The lowest BCUT2D eigenvalue weighted by Crippen LogP contribution is -2.36. The Hall–Kier alpha value is -2.54. The molecule has 0 spiro atoms. The summed E-state index contributed by atoms with van der Waals surface area (Å²) in [5.41, 5.74) is -0.564. The van der Waals surface area contributed by atoms with Crippen LogP contribution in [0.15, 0.2) is 41.3 Å². The number of carbonyl (C=O) groups is 1. The van der Waals surface area contributed by atoms with E-state index in [1.165, 1.54) is 37.4 Å². The molecule has 0 aliphatic carbocycles. The van der Waals surface area contributed by atoms with Crippen LogP contribution in [0, 0.1) is 5.82 Å². The molecule has 1 aromatic heterocycles. The van der Waals surface area contributed by atoms with Gasteiger partial charge in [-0.1, -0.05) is 6.07 Å².